The van der Waals surface area contributed by atoms with Crippen LogP contribution in [0.25, 0.3) is 0 Å². The number of nitrogens with one attached hydrogen (secondary N) is 2. The first-order valence-corrected chi connectivity index (χ1v) is 4.65. The van der Waals surface area contributed by atoms with Crippen LogP contribution in [0.4, 0.5) is 0 Å². The number of hydroxylamine groups is 1. The Bertz CT molecular complexity index is 322. The van der Waals surface area contributed by atoms with Crippen LogP contribution in [-0.2, 0) is 13.1 Å². The number of amides is 1. The fourth-order valence-corrected chi connectivity index (χ4v) is 1.69. The summed E-state index contributed by atoms with van der Waals surface area (Å²) in [5.74, 6) is -0.453. The lowest BCUT2D eigenvalue weighted by molar-refractivity contribution is 0.0706. The summed E-state index contributed by atoms with van der Waals surface area (Å²) in [5.41, 5.74) is 3.22. The second kappa shape index (κ2) is 3.81. The number of carbonyl (C=O) groups excluding carboxylic acids is 1. The van der Waals surface area contributed by atoms with E-state index in [2.05, 4.69) is 5.32 Å². The van der Waals surface area contributed by atoms with Crippen LogP contribution in [0.15, 0.2) is 12.3 Å². The van der Waals surface area contributed by atoms with Crippen molar-refractivity contribution < 1.29 is 10.0 Å². The number of carbonyl (C=O) groups is 1. The minimum atomic E-state index is -0.453. The summed E-state index contributed by atoms with van der Waals surface area (Å²) in [6.45, 7) is 2.70. The maximum absolute atomic E-state index is 11.1. The van der Waals surface area contributed by atoms with E-state index in [-0.39, 0.29) is 0 Å². The van der Waals surface area contributed by atoms with Crippen molar-refractivity contribution in [2.75, 3.05) is 6.54 Å². The first-order valence-electron chi connectivity index (χ1n) is 4.65. The molecule has 2 heterocycles. The molecule has 1 aromatic heterocycles. The van der Waals surface area contributed by atoms with Gasteiger partial charge in [0.05, 0.1) is 5.56 Å². The van der Waals surface area contributed by atoms with Gasteiger partial charge in [0.2, 0.25) is 0 Å². The summed E-state index contributed by atoms with van der Waals surface area (Å²) in [5, 5.41) is 11.7. The third kappa shape index (κ3) is 1.64. The zero-order valence-corrected chi connectivity index (χ0v) is 7.79. The van der Waals surface area contributed by atoms with Crippen LogP contribution >= 0.6 is 0 Å². The van der Waals surface area contributed by atoms with Crippen molar-refractivity contribution in [2.24, 2.45) is 0 Å². The Balaban J connectivity index is 2.26. The van der Waals surface area contributed by atoms with E-state index in [9.17, 15) is 4.79 Å². The van der Waals surface area contributed by atoms with E-state index in [1.807, 2.05) is 4.57 Å². The van der Waals surface area contributed by atoms with Gasteiger partial charge in [-0.05, 0) is 19.0 Å². The molecule has 1 aliphatic rings. The summed E-state index contributed by atoms with van der Waals surface area (Å²) in [6.07, 6.45) is 2.83. The van der Waals surface area contributed by atoms with Gasteiger partial charge in [-0.1, -0.05) is 0 Å². The molecule has 5 heteroatoms. The predicted octanol–water partition coefficient (Wildman–Crippen LogP) is 0.100. The topological polar surface area (TPSA) is 66.3 Å². The molecule has 2 rings (SSSR count). The highest BCUT2D eigenvalue weighted by Gasteiger charge is 2.12. The number of hydrogen-bond acceptors (Lipinski definition) is 3. The van der Waals surface area contributed by atoms with Gasteiger partial charge in [0, 0.05) is 25.0 Å². The average Bonchev–Trinajstić information content (AvgIpc) is 2.49. The lowest BCUT2D eigenvalue weighted by atomic mass is 10.3. The minimum Gasteiger partial charge on any atom is -0.349 e. The van der Waals surface area contributed by atoms with E-state index >= 15 is 0 Å². The van der Waals surface area contributed by atoms with Crippen molar-refractivity contribution in [3.05, 3.63) is 23.5 Å². The van der Waals surface area contributed by atoms with E-state index in [1.165, 1.54) is 0 Å². The summed E-state index contributed by atoms with van der Waals surface area (Å²) in [7, 11) is 0. The Kier molecular flexibility index (Phi) is 2.51. The maximum atomic E-state index is 11.1. The maximum Gasteiger partial charge on any atom is 0.276 e. The second-order valence-electron chi connectivity index (χ2n) is 3.38. The first-order chi connectivity index (χ1) is 6.81. The number of aromatic nitrogens is 1. The molecular formula is C9H13N3O2. The molecule has 0 bridgehead atoms. The highest BCUT2D eigenvalue weighted by Crippen LogP contribution is 2.11. The summed E-state index contributed by atoms with van der Waals surface area (Å²) in [4.78, 5) is 11.1. The molecule has 3 N–H and O–H groups in total. The van der Waals surface area contributed by atoms with Crippen molar-refractivity contribution in [2.45, 2.75) is 19.5 Å². The molecule has 0 radical (unpaired) electrons. The SMILES string of the molecule is O=C(NO)c1cc2n(c1)CCCNC2. The minimum absolute atomic E-state index is 0.453. The highest BCUT2D eigenvalue weighted by atomic mass is 16.5. The van der Waals surface area contributed by atoms with Crippen LogP contribution in [0.2, 0.25) is 0 Å². The van der Waals surface area contributed by atoms with Crippen molar-refractivity contribution in [1.82, 2.24) is 15.4 Å². The normalized spacial score (nSPS) is 15.8. The van der Waals surface area contributed by atoms with Gasteiger partial charge >= 0.3 is 0 Å². The number of fused-ring (bicyclic) bond motifs is 1. The van der Waals surface area contributed by atoms with E-state index in [4.69, 9.17) is 5.21 Å². The van der Waals surface area contributed by atoms with Crippen molar-refractivity contribution >= 4 is 5.91 Å². The van der Waals surface area contributed by atoms with Gasteiger partial charge in [-0.3, -0.25) is 10.0 Å². The number of aryl methyl sites for hydroxylation is 1. The highest BCUT2D eigenvalue weighted by molar-refractivity contribution is 5.93. The Labute approximate surface area is 81.7 Å². The quantitative estimate of drug-likeness (QED) is 0.440. The van der Waals surface area contributed by atoms with Crippen molar-refractivity contribution in [3.8, 4) is 0 Å². The largest absolute Gasteiger partial charge is 0.349 e. The van der Waals surface area contributed by atoms with Gasteiger partial charge < -0.3 is 9.88 Å². The second-order valence-corrected chi connectivity index (χ2v) is 3.38. The fraction of sp³-hybridized carbons (Fsp3) is 0.444. The number of rotatable bonds is 1. The Morgan fingerprint density at radius 3 is 3.29 bits per heavy atom. The molecule has 1 amide bonds. The molecule has 76 valence electrons. The van der Waals surface area contributed by atoms with Crippen molar-refractivity contribution in [1.29, 1.82) is 0 Å². The summed E-state index contributed by atoms with van der Waals surface area (Å²) >= 11 is 0. The van der Waals surface area contributed by atoms with Crippen LogP contribution in [0.1, 0.15) is 22.5 Å². The smallest absolute Gasteiger partial charge is 0.276 e. The van der Waals surface area contributed by atoms with E-state index in [0.717, 1.165) is 31.7 Å². The van der Waals surface area contributed by atoms with Gasteiger partial charge in [0.1, 0.15) is 0 Å². The average molecular weight is 195 g/mol. The van der Waals surface area contributed by atoms with Crippen LogP contribution in [-0.4, -0.2) is 22.2 Å². The lowest BCUT2D eigenvalue weighted by Gasteiger charge is -2.00. The van der Waals surface area contributed by atoms with Crippen LogP contribution in [0.5, 0.6) is 0 Å². The van der Waals surface area contributed by atoms with E-state index < -0.39 is 5.91 Å². The first kappa shape index (κ1) is 9.23. The zero-order valence-electron chi connectivity index (χ0n) is 7.79. The predicted molar refractivity (Wildman–Crippen MR) is 50.0 cm³/mol. The Hall–Kier alpha value is -1.33. The molecule has 0 aromatic carbocycles. The molecular weight excluding hydrogens is 182 g/mol. The molecule has 0 spiro atoms. The molecule has 0 saturated heterocycles. The Morgan fingerprint density at radius 2 is 2.50 bits per heavy atom. The lowest BCUT2D eigenvalue weighted by Crippen LogP contribution is -2.18. The molecule has 1 aliphatic heterocycles. The van der Waals surface area contributed by atoms with Crippen LogP contribution in [0.3, 0.4) is 0 Å². The van der Waals surface area contributed by atoms with E-state index in [1.54, 1.807) is 17.7 Å². The summed E-state index contributed by atoms with van der Waals surface area (Å²) < 4.78 is 2.05. The molecule has 14 heavy (non-hydrogen) atoms. The molecule has 0 unspecified atom stereocenters. The molecule has 0 fully saturated rings. The van der Waals surface area contributed by atoms with Crippen LogP contribution in [0, 0.1) is 0 Å². The van der Waals surface area contributed by atoms with E-state index in [0.29, 0.717) is 5.56 Å². The van der Waals surface area contributed by atoms with Gasteiger partial charge in [-0.15, -0.1) is 0 Å². The van der Waals surface area contributed by atoms with Gasteiger partial charge in [-0.25, -0.2) is 5.48 Å². The molecule has 0 atom stereocenters. The third-order valence-corrected chi connectivity index (χ3v) is 2.41. The third-order valence-electron chi connectivity index (χ3n) is 2.41. The standard InChI is InChI=1S/C9H13N3O2/c13-9(11-14)7-4-8-5-10-2-1-3-12(8)6-7/h4,6,10,14H,1-3,5H2,(H,11,13). The monoisotopic (exact) mass is 195 g/mol. The van der Waals surface area contributed by atoms with Crippen molar-refractivity contribution in [3.63, 3.8) is 0 Å². The zero-order chi connectivity index (χ0) is 9.97. The van der Waals surface area contributed by atoms with Gasteiger partial charge in [-0.2, -0.15) is 0 Å². The molecule has 1 aromatic rings. The Morgan fingerprint density at radius 1 is 1.64 bits per heavy atom. The number of hydrogen-bond donors (Lipinski definition) is 3. The summed E-state index contributed by atoms with van der Waals surface area (Å²) in [6, 6.07) is 1.80. The molecule has 0 saturated carbocycles. The van der Waals surface area contributed by atoms with Crippen LogP contribution < -0.4 is 10.8 Å². The number of nitrogens with zero attached hydrogens (tertiary/aromatic N) is 1. The molecule has 5 nitrogen and oxygen atoms in total. The fourth-order valence-electron chi connectivity index (χ4n) is 1.69. The van der Waals surface area contributed by atoms with Gasteiger partial charge in [0.15, 0.2) is 0 Å². The van der Waals surface area contributed by atoms with Gasteiger partial charge in [0.25, 0.3) is 5.91 Å². The molecule has 0 aliphatic carbocycles.